The molecule has 1 N–H and O–H groups in total. The lowest BCUT2D eigenvalue weighted by atomic mass is 10.1. The molecule has 16 heavy (non-hydrogen) atoms. The van der Waals surface area contributed by atoms with Crippen LogP contribution in [-0.2, 0) is 0 Å². The molecule has 82 valence electrons. The molecule has 0 bridgehead atoms. The van der Waals surface area contributed by atoms with Crippen LogP contribution in [0.5, 0.6) is 5.75 Å². The van der Waals surface area contributed by atoms with Crippen LogP contribution in [0.25, 0.3) is 11.3 Å². The summed E-state index contributed by atoms with van der Waals surface area (Å²) in [6, 6.07) is 8.25. The molecule has 1 heterocycles. The van der Waals surface area contributed by atoms with Crippen LogP contribution in [0.1, 0.15) is 0 Å². The molecule has 0 aliphatic rings. The number of benzene rings is 1. The second-order valence-corrected chi connectivity index (χ2v) is 3.69. The molecule has 0 atom stereocenters. The van der Waals surface area contributed by atoms with Crippen LogP contribution in [0.4, 0.5) is 0 Å². The number of ether oxygens (including phenoxy) is 1. The summed E-state index contributed by atoms with van der Waals surface area (Å²) in [4.78, 5) is 14.2. The van der Waals surface area contributed by atoms with E-state index in [0.29, 0.717) is 16.5 Å². The molecule has 0 fully saturated rings. The molecule has 0 aliphatic heterocycles. The first-order valence-corrected chi connectivity index (χ1v) is 5.11. The SMILES string of the molecule is COc1ccc(Cl)c(-c2cc(=O)cc[nH]2)c1. The summed E-state index contributed by atoms with van der Waals surface area (Å²) >= 11 is 6.06. The van der Waals surface area contributed by atoms with Crippen LogP contribution in [0.3, 0.4) is 0 Å². The normalized spacial score (nSPS) is 10.1. The Labute approximate surface area is 97.7 Å². The molecule has 1 aromatic carbocycles. The number of rotatable bonds is 2. The molecule has 0 aliphatic carbocycles. The number of methoxy groups -OCH3 is 1. The van der Waals surface area contributed by atoms with Gasteiger partial charge in [0.25, 0.3) is 0 Å². The van der Waals surface area contributed by atoms with Gasteiger partial charge in [0.05, 0.1) is 17.8 Å². The van der Waals surface area contributed by atoms with Gasteiger partial charge in [-0.15, -0.1) is 0 Å². The number of halogens is 1. The van der Waals surface area contributed by atoms with Gasteiger partial charge in [0.2, 0.25) is 0 Å². The van der Waals surface area contributed by atoms with Gasteiger partial charge in [-0.25, -0.2) is 0 Å². The second-order valence-electron chi connectivity index (χ2n) is 3.28. The summed E-state index contributed by atoms with van der Waals surface area (Å²) in [6.07, 6.45) is 1.59. The van der Waals surface area contributed by atoms with Gasteiger partial charge < -0.3 is 9.72 Å². The third kappa shape index (κ3) is 2.09. The van der Waals surface area contributed by atoms with Gasteiger partial charge >= 0.3 is 0 Å². The summed E-state index contributed by atoms with van der Waals surface area (Å²) < 4.78 is 5.11. The van der Waals surface area contributed by atoms with Gasteiger partial charge in [-0.1, -0.05) is 11.6 Å². The minimum absolute atomic E-state index is 0.0624. The van der Waals surface area contributed by atoms with Crippen molar-refractivity contribution in [3.05, 3.63) is 51.8 Å². The zero-order chi connectivity index (χ0) is 11.5. The predicted octanol–water partition coefficient (Wildman–Crippen LogP) is 2.70. The van der Waals surface area contributed by atoms with Gasteiger partial charge in [0.15, 0.2) is 5.43 Å². The highest BCUT2D eigenvalue weighted by Crippen LogP contribution is 2.29. The second kappa shape index (κ2) is 4.41. The predicted molar refractivity (Wildman–Crippen MR) is 64.1 cm³/mol. The Kier molecular flexibility index (Phi) is 2.97. The third-order valence-electron chi connectivity index (χ3n) is 2.24. The van der Waals surface area contributed by atoms with Crippen molar-refractivity contribution in [2.24, 2.45) is 0 Å². The molecule has 0 unspecified atom stereocenters. The average Bonchev–Trinajstić information content (AvgIpc) is 2.30. The van der Waals surface area contributed by atoms with E-state index in [-0.39, 0.29) is 5.43 Å². The number of hydrogen-bond donors (Lipinski definition) is 1. The highest BCUT2D eigenvalue weighted by molar-refractivity contribution is 6.33. The van der Waals surface area contributed by atoms with Crippen LogP contribution >= 0.6 is 11.6 Å². The average molecular weight is 236 g/mol. The molecule has 4 heteroatoms. The van der Waals surface area contributed by atoms with Gasteiger partial charge in [0, 0.05) is 23.9 Å². The summed E-state index contributed by atoms with van der Waals surface area (Å²) in [6.45, 7) is 0. The number of aromatic amines is 1. The smallest absolute Gasteiger partial charge is 0.182 e. The van der Waals surface area contributed by atoms with Gasteiger partial charge in [-0.05, 0) is 18.2 Å². The minimum Gasteiger partial charge on any atom is -0.497 e. The Bertz CT molecular complexity index is 563. The van der Waals surface area contributed by atoms with E-state index in [2.05, 4.69) is 4.98 Å². The zero-order valence-corrected chi connectivity index (χ0v) is 9.41. The molecule has 2 aromatic rings. The standard InChI is InChI=1S/C12H10ClNO2/c1-16-9-2-3-11(13)10(7-9)12-6-8(15)4-5-14-12/h2-7H,1H3,(H,14,15). The molecule has 0 saturated carbocycles. The number of aromatic nitrogens is 1. The van der Waals surface area contributed by atoms with Gasteiger partial charge in [0.1, 0.15) is 5.75 Å². The molecule has 0 spiro atoms. The first kappa shape index (κ1) is 10.8. The van der Waals surface area contributed by atoms with Crippen molar-refractivity contribution in [1.82, 2.24) is 4.98 Å². The topological polar surface area (TPSA) is 42.1 Å². The quantitative estimate of drug-likeness (QED) is 0.870. The van der Waals surface area contributed by atoms with Crippen LogP contribution in [0.2, 0.25) is 5.02 Å². The fourth-order valence-corrected chi connectivity index (χ4v) is 1.66. The Morgan fingerprint density at radius 2 is 2.06 bits per heavy atom. The fourth-order valence-electron chi connectivity index (χ4n) is 1.44. The lowest BCUT2D eigenvalue weighted by molar-refractivity contribution is 0.415. The van der Waals surface area contributed by atoms with Crippen molar-refractivity contribution in [1.29, 1.82) is 0 Å². The van der Waals surface area contributed by atoms with E-state index >= 15 is 0 Å². The molecular formula is C12H10ClNO2. The number of hydrogen-bond acceptors (Lipinski definition) is 2. The Morgan fingerprint density at radius 1 is 1.25 bits per heavy atom. The van der Waals surface area contributed by atoms with E-state index in [1.54, 1.807) is 31.5 Å². The maximum absolute atomic E-state index is 11.2. The maximum atomic E-state index is 11.2. The van der Waals surface area contributed by atoms with Crippen LogP contribution in [0.15, 0.2) is 41.3 Å². The summed E-state index contributed by atoms with van der Waals surface area (Å²) in [7, 11) is 1.58. The third-order valence-corrected chi connectivity index (χ3v) is 2.57. The zero-order valence-electron chi connectivity index (χ0n) is 8.66. The Hall–Kier alpha value is -1.74. The van der Waals surface area contributed by atoms with E-state index in [0.717, 1.165) is 5.56 Å². The van der Waals surface area contributed by atoms with E-state index in [9.17, 15) is 4.79 Å². The van der Waals surface area contributed by atoms with Crippen LogP contribution < -0.4 is 10.2 Å². The van der Waals surface area contributed by atoms with Crippen molar-refractivity contribution in [2.45, 2.75) is 0 Å². The lowest BCUT2D eigenvalue weighted by Crippen LogP contribution is -1.98. The minimum atomic E-state index is -0.0624. The number of pyridine rings is 1. The molecule has 1 aromatic heterocycles. The Balaban J connectivity index is 2.58. The monoisotopic (exact) mass is 235 g/mol. The summed E-state index contributed by atoms with van der Waals surface area (Å²) in [5, 5.41) is 0.572. The van der Waals surface area contributed by atoms with Crippen molar-refractivity contribution in [3.8, 4) is 17.0 Å². The van der Waals surface area contributed by atoms with E-state index in [4.69, 9.17) is 16.3 Å². The van der Waals surface area contributed by atoms with E-state index in [1.165, 1.54) is 12.1 Å². The molecule has 0 saturated heterocycles. The Morgan fingerprint density at radius 3 is 2.75 bits per heavy atom. The highest BCUT2D eigenvalue weighted by Gasteiger charge is 2.05. The van der Waals surface area contributed by atoms with Crippen molar-refractivity contribution < 1.29 is 4.74 Å². The first-order chi connectivity index (χ1) is 7.70. The largest absolute Gasteiger partial charge is 0.497 e. The van der Waals surface area contributed by atoms with Crippen molar-refractivity contribution in [3.63, 3.8) is 0 Å². The summed E-state index contributed by atoms with van der Waals surface area (Å²) in [5.74, 6) is 0.698. The summed E-state index contributed by atoms with van der Waals surface area (Å²) in [5.41, 5.74) is 1.36. The molecule has 2 rings (SSSR count). The molecule has 0 radical (unpaired) electrons. The van der Waals surface area contributed by atoms with Crippen molar-refractivity contribution >= 4 is 11.6 Å². The van der Waals surface area contributed by atoms with Crippen LogP contribution in [0, 0.1) is 0 Å². The van der Waals surface area contributed by atoms with E-state index < -0.39 is 0 Å². The van der Waals surface area contributed by atoms with Gasteiger partial charge in [-0.3, -0.25) is 4.79 Å². The van der Waals surface area contributed by atoms with E-state index in [1.807, 2.05) is 0 Å². The van der Waals surface area contributed by atoms with Crippen LogP contribution in [-0.4, -0.2) is 12.1 Å². The fraction of sp³-hybridized carbons (Fsp3) is 0.0833. The first-order valence-electron chi connectivity index (χ1n) is 4.73. The number of nitrogens with one attached hydrogen (secondary N) is 1. The lowest BCUT2D eigenvalue weighted by Gasteiger charge is -2.06. The molecule has 0 amide bonds. The van der Waals surface area contributed by atoms with Crippen molar-refractivity contribution in [2.75, 3.05) is 7.11 Å². The number of H-pyrrole nitrogens is 1. The highest BCUT2D eigenvalue weighted by atomic mass is 35.5. The molecular weight excluding hydrogens is 226 g/mol. The molecule has 3 nitrogen and oxygen atoms in total. The van der Waals surface area contributed by atoms with Gasteiger partial charge in [-0.2, -0.15) is 0 Å². The maximum Gasteiger partial charge on any atom is 0.182 e.